The first-order chi connectivity index (χ1) is 9.67. The Morgan fingerprint density at radius 3 is 2.85 bits per heavy atom. The van der Waals surface area contributed by atoms with E-state index in [1.54, 1.807) is 0 Å². The summed E-state index contributed by atoms with van der Waals surface area (Å²) in [5, 5.41) is 0. The number of anilines is 1. The molecule has 2 heterocycles. The van der Waals surface area contributed by atoms with E-state index in [0.717, 1.165) is 29.3 Å². The molecule has 0 N–H and O–H groups in total. The molecule has 1 saturated heterocycles. The van der Waals surface area contributed by atoms with Crippen LogP contribution in [0.5, 0.6) is 0 Å². The van der Waals surface area contributed by atoms with Gasteiger partial charge in [0.2, 0.25) is 0 Å². The molecule has 1 saturated carbocycles. The highest BCUT2D eigenvalue weighted by Gasteiger charge is 2.28. The van der Waals surface area contributed by atoms with E-state index in [-0.39, 0.29) is 0 Å². The van der Waals surface area contributed by atoms with Crippen molar-refractivity contribution in [1.29, 1.82) is 0 Å². The van der Waals surface area contributed by atoms with Gasteiger partial charge >= 0.3 is 0 Å². The first-order valence-corrected chi connectivity index (χ1v) is 8.46. The van der Waals surface area contributed by atoms with E-state index < -0.39 is 0 Å². The summed E-state index contributed by atoms with van der Waals surface area (Å²) in [5.41, 5.74) is 0. The Morgan fingerprint density at radius 2 is 2.15 bits per heavy atom. The smallest absolute Gasteiger partial charge is 0.135 e. The number of aromatic nitrogens is 2. The van der Waals surface area contributed by atoms with Gasteiger partial charge in [-0.15, -0.1) is 0 Å². The molecule has 0 spiro atoms. The number of hydrogen-bond acceptors (Lipinski definition) is 4. The molecule has 0 radical (unpaired) electrons. The highest BCUT2D eigenvalue weighted by atomic mass is 79.9. The van der Waals surface area contributed by atoms with Crippen LogP contribution in [0.1, 0.15) is 44.3 Å². The lowest BCUT2D eigenvalue weighted by Gasteiger charge is -2.28. The summed E-state index contributed by atoms with van der Waals surface area (Å²) in [6.45, 7) is 5.71. The number of hydrogen-bond donors (Lipinski definition) is 0. The monoisotopic (exact) mass is 338 g/mol. The Kier molecular flexibility index (Phi) is 4.26. The van der Waals surface area contributed by atoms with Crippen molar-refractivity contribution in [2.45, 2.75) is 44.6 Å². The summed E-state index contributed by atoms with van der Waals surface area (Å²) in [6.07, 6.45) is 5.12. The van der Waals surface area contributed by atoms with E-state index in [9.17, 15) is 0 Å². The van der Waals surface area contributed by atoms with Gasteiger partial charge in [-0.05, 0) is 54.7 Å². The maximum atomic E-state index is 4.75. The molecule has 4 nitrogen and oxygen atoms in total. The average Bonchev–Trinajstić information content (AvgIpc) is 3.19. The number of rotatable bonds is 5. The molecule has 0 amide bonds. The van der Waals surface area contributed by atoms with E-state index in [1.165, 1.54) is 32.2 Å². The Labute approximate surface area is 129 Å². The second kappa shape index (κ2) is 5.98. The third-order valence-corrected chi connectivity index (χ3v) is 4.83. The topological polar surface area (TPSA) is 32.3 Å². The van der Waals surface area contributed by atoms with E-state index in [0.29, 0.717) is 12.0 Å². The van der Waals surface area contributed by atoms with E-state index in [1.807, 2.05) is 6.07 Å². The summed E-state index contributed by atoms with van der Waals surface area (Å²) in [6, 6.07) is 2.71. The summed E-state index contributed by atoms with van der Waals surface area (Å²) in [4.78, 5) is 14.1. The highest BCUT2D eigenvalue weighted by Crippen LogP contribution is 2.39. The third-order valence-electron chi connectivity index (χ3n) is 4.42. The van der Waals surface area contributed by atoms with Crippen molar-refractivity contribution in [1.82, 2.24) is 14.9 Å². The van der Waals surface area contributed by atoms with Crippen LogP contribution in [0.25, 0.3) is 0 Å². The SMILES string of the molecule is CCN1CCCC1CN(C)c1cc(Br)nc(C2CC2)n1. The van der Waals surface area contributed by atoms with Crippen molar-refractivity contribution in [3.8, 4) is 0 Å². The Bertz CT molecular complexity index is 475. The van der Waals surface area contributed by atoms with Crippen LogP contribution < -0.4 is 4.90 Å². The zero-order valence-electron chi connectivity index (χ0n) is 12.3. The van der Waals surface area contributed by atoms with Crippen molar-refractivity contribution < 1.29 is 0 Å². The summed E-state index contributed by atoms with van der Waals surface area (Å²) >= 11 is 3.53. The fourth-order valence-electron chi connectivity index (χ4n) is 3.07. The van der Waals surface area contributed by atoms with Gasteiger partial charge in [0.05, 0.1) is 0 Å². The quantitative estimate of drug-likeness (QED) is 0.772. The molecule has 1 unspecified atom stereocenters. The van der Waals surface area contributed by atoms with Crippen LogP contribution in [-0.4, -0.2) is 47.6 Å². The minimum atomic E-state index is 0.596. The van der Waals surface area contributed by atoms with Gasteiger partial charge in [0.1, 0.15) is 16.2 Å². The number of nitrogens with zero attached hydrogens (tertiary/aromatic N) is 4. The summed E-state index contributed by atoms with van der Waals surface area (Å²) < 4.78 is 0.912. The molecule has 2 fully saturated rings. The number of halogens is 1. The second-order valence-electron chi connectivity index (χ2n) is 5.99. The summed E-state index contributed by atoms with van der Waals surface area (Å²) in [5.74, 6) is 2.66. The fourth-order valence-corrected chi connectivity index (χ4v) is 3.46. The van der Waals surface area contributed by atoms with Gasteiger partial charge in [-0.25, -0.2) is 9.97 Å². The zero-order valence-corrected chi connectivity index (χ0v) is 13.9. The van der Waals surface area contributed by atoms with Crippen LogP contribution in [0.2, 0.25) is 0 Å². The van der Waals surface area contributed by atoms with Gasteiger partial charge in [-0.3, -0.25) is 4.90 Å². The van der Waals surface area contributed by atoms with Crippen molar-refractivity contribution in [2.75, 3.05) is 31.6 Å². The molecule has 2 aliphatic rings. The molecular weight excluding hydrogens is 316 g/mol. The Morgan fingerprint density at radius 1 is 1.35 bits per heavy atom. The molecule has 20 heavy (non-hydrogen) atoms. The lowest BCUT2D eigenvalue weighted by atomic mass is 10.2. The molecule has 1 aliphatic carbocycles. The van der Waals surface area contributed by atoms with Gasteiger partial charge in [0.25, 0.3) is 0 Å². The van der Waals surface area contributed by atoms with Crippen LogP contribution >= 0.6 is 15.9 Å². The van der Waals surface area contributed by atoms with Gasteiger partial charge in [0, 0.05) is 31.6 Å². The van der Waals surface area contributed by atoms with Gasteiger partial charge in [-0.1, -0.05) is 6.92 Å². The van der Waals surface area contributed by atoms with E-state index in [4.69, 9.17) is 4.98 Å². The number of likely N-dealkylation sites (N-methyl/N-ethyl adjacent to an activating group) is 2. The lowest BCUT2D eigenvalue weighted by molar-refractivity contribution is 0.270. The lowest BCUT2D eigenvalue weighted by Crippen LogP contribution is -2.39. The van der Waals surface area contributed by atoms with Gasteiger partial charge < -0.3 is 4.90 Å². The first-order valence-electron chi connectivity index (χ1n) is 7.67. The standard InChI is InChI=1S/C15H23BrN4/c1-3-20-8-4-5-12(20)10-19(2)14-9-13(16)17-15(18-14)11-6-7-11/h9,11-12H,3-8,10H2,1-2H3. The maximum Gasteiger partial charge on any atom is 0.135 e. The van der Waals surface area contributed by atoms with Crippen LogP contribution in [0, 0.1) is 0 Å². The second-order valence-corrected chi connectivity index (χ2v) is 6.80. The van der Waals surface area contributed by atoms with E-state index >= 15 is 0 Å². The molecule has 5 heteroatoms. The molecule has 1 aromatic rings. The normalized spacial score (nSPS) is 23.2. The molecule has 1 aromatic heterocycles. The van der Waals surface area contributed by atoms with Crippen LogP contribution in [-0.2, 0) is 0 Å². The average molecular weight is 339 g/mol. The van der Waals surface area contributed by atoms with E-state index in [2.05, 4.69) is 44.7 Å². The summed E-state index contributed by atoms with van der Waals surface area (Å²) in [7, 11) is 2.15. The van der Waals surface area contributed by atoms with Crippen LogP contribution in [0.4, 0.5) is 5.82 Å². The minimum absolute atomic E-state index is 0.596. The van der Waals surface area contributed by atoms with Crippen molar-refractivity contribution in [2.24, 2.45) is 0 Å². The predicted octanol–water partition coefficient (Wildman–Crippen LogP) is 3.04. The third kappa shape index (κ3) is 3.14. The van der Waals surface area contributed by atoms with Crippen molar-refractivity contribution >= 4 is 21.7 Å². The van der Waals surface area contributed by atoms with Crippen LogP contribution in [0.15, 0.2) is 10.7 Å². The zero-order chi connectivity index (χ0) is 14.1. The minimum Gasteiger partial charge on any atom is -0.358 e. The highest BCUT2D eigenvalue weighted by molar-refractivity contribution is 9.10. The van der Waals surface area contributed by atoms with Gasteiger partial charge in [-0.2, -0.15) is 0 Å². The largest absolute Gasteiger partial charge is 0.358 e. The van der Waals surface area contributed by atoms with Gasteiger partial charge in [0.15, 0.2) is 0 Å². The predicted molar refractivity (Wildman–Crippen MR) is 85.2 cm³/mol. The molecule has 3 rings (SSSR count). The maximum absolute atomic E-state index is 4.75. The van der Waals surface area contributed by atoms with Crippen molar-refractivity contribution in [3.63, 3.8) is 0 Å². The Balaban J connectivity index is 1.71. The first kappa shape index (κ1) is 14.3. The van der Waals surface area contributed by atoms with Crippen LogP contribution in [0.3, 0.4) is 0 Å². The fraction of sp³-hybridized carbons (Fsp3) is 0.733. The number of likely N-dealkylation sites (tertiary alicyclic amines) is 1. The molecule has 0 aromatic carbocycles. The molecule has 110 valence electrons. The molecule has 1 aliphatic heterocycles. The van der Waals surface area contributed by atoms with Crippen molar-refractivity contribution in [3.05, 3.63) is 16.5 Å². The molecule has 0 bridgehead atoms. The molecule has 1 atom stereocenters. The molecular formula is C15H23BrN4. The Hall–Kier alpha value is -0.680.